The van der Waals surface area contributed by atoms with Gasteiger partial charge in [-0.1, -0.05) is 13.3 Å². The summed E-state index contributed by atoms with van der Waals surface area (Å²) >= 11 is 2.35. The number of hydrogen-bond acceptors (Lipinski definition) is 4. The van der Waals surface area contributed by atoms with Crippen LogP contribution in [0.25, 0.3) is 0 Å². The Bertz CT molecular complexity index is 864. The molecular formula is C26H34INO3. The molecule has 0 saturated heterocycles. The van der Waals surface area contributed by atoms with Crippen LogP contribution in [-0.4, -0.2) is 31.5 Å². The Hall–Kier alpha value is -1.47. The fourth-order valence-electron chi connectivity index (χ4n) is 5.93. The van der Waals surface area contributed by atoms with Gasteiger partial charge >= 0.3 is 0 Å². The number of benzene rings is 2. The molecule has 5 heteroatoms. The van der Waals surface area contributed by atoms with Crippen LogP contribution in [0.1, 0.15) is 44.6 Å². The Kier molecular flexibility index (Phi) is 7.01. The first-order chi connectivity index (χ1) is 14.9. The van der Waals surface area contributed by atoms with Gasteiger partial charge < -0.3 is 19.9 Å². The molecule has 2 fully saturated rings. The second-order valence-corrected chi connectivity index (χ2v) is 10.7. The molecule has 5 atom stereocenters. The second-order valence-electron chi connectivity index (χ2n) is 9.44. The van der Waals surface area contributed by atoms with E-state index < -0.39 is 0 Å². The van der Waals surface area contributed by atoms with Crippen molar-refractivity contribution in [1.82, 2.24) is 0 Å². The first kappa shape index (κ1) is 22.7. The summed E-state index contributed by atoms with van der Waals surface area (Å²) in [6, 6.07) is 15.2. The van der Waals surface area contributed by atoms with Crippen LogP contribution in [-0.2, 0) is 6.42 Å². The number of hydrogen-bond donors (Lipinski definition) is 2. The lowest BCUT2D eigenvalue weighted by molar-refractivity contribution is -0.0914. The van der Waals surface area contributed by atoms with E-state index in [2.05, 4.69) is 71.2 Å². The minimum absolute atomic E-state index is 0.00385. The lowest BCUT2D eigenvalue weighted by Crippen LogP contribution is -2.54. The molecule has 0 amide bonds. The standard InChI is InChI=1S/C26H34INO3/c1-26-12-11-24(28-19-9-7-18(27)8-10-19)22(23(26)5-4-6-25(26)29)15-17-13-20(30-2)16-21(14-17)31-3/h7-10,13-14,16,22-25,28-29H,4-6,11-12,15H2,1-3H3/t22?,23?,24?,25-,26-/m0/s1. The van der Waals surface area contributed by atoms with Crippen molar-refractivity contribution in [2.24, 2.45) is 17.3 Å². The number of anilines is 1. The van der Waals surface area contributed by atoms with E-state index in [1.807, 2.05) is 6.07 Å². The van der Waals surface area contributed by atoms with Gasteiger partial charge in [0.05, 0.1) is 20.3 Å². The molecule has 0 spiro atoms. The van der Waals surface area contributed by atoms with Gasteiger partial charge in [0.25, 0.3) is 0 Å². The molecule has 31 heavy (non-hydrogen) atoms. The maximum atomic E-state index is 11.0. The van der Waals surface area contributed by atoms with Crippen molar-refractivity contribution in [3.8, 4) is 11.5 Å². The highest BCUT2D eigenvalue weighted by Crippen LogP contribution is 2.54. The van der Waals surface area contributed by atoms with Gasteiger partial charge in [0.1, 0.15) is 11.5 Å². The molecule has 4 rings (SSSR count). The van der Waals surface area contributed by atoms with Gasteiger partial charge in [-0.25, -0.2) is 0 Å². The number of nitrogens with one attached hydrogen (secondary N) is 1. The zero-order chi connectivity index (χ0) is 22.0. The molecule has 2 saturated carbocycles. The van der Waals surface area contributed by atoms with Crippen LogP contribution >= 0.6 is 22.6 Å². The highest BCUT2D eigenvalue weighted by atomic mass is 127. The smallest absolute Gasteiger partial charge is 0.122 e. The van der Waals surface area contributed by atoms with Crippen LogP contribution in [0.5, 0.6) is 11.5 Å². The summed E-state index contributed by atoms with van der Waals surface area (Å²) in [6.45, 7) is 2.32. The number of aliphatic hydroxyl groups excluding tert-OH is 1. The van der Waals surface area contributed by atoms with Gasteiger partial charge in [0.15, 0.2) is 0 Å². The van der Waals surface area contributed by atoms with Gasteiger partial charge in [-0.2, -0.15) is 0 Å². The molecule has 0 heterocycles. The molecule has 2 N–H and O–H groups in total. The zero-order valence-corrected chi connectivity index (χ0v) is 20.9. The number of ether oxygens (including phenoxy) is 2. The Balaban J connectivity index is 1.65. The van der Waals surface area contributed by atoms with Crippen molar-refractivity contribution in [3.05, 3.63) is 51.6 Å². The van der Waals surface area contributed by atoms with Crippen molar-refractivity contribution in [2.75, 3.05) is 19.5 Å². The third-order valence-corrected chi connectivity index (χ3v) is 8.43. The van der Waals surface area contributed by atoms with Gasteiger partial charge in [-0.3, -0.25) is 0 Å². The Morgan fingerprint density at radius 1 is 1.03 bits per heavy atom. The largest absolute Gasteiger partial charge is 0.497 e. The molecule has 4 nitrogen and oxygen atoms in total. The van der Waals surface area contributed by atoms with Crippen LogP contribution in [0.15, 0.2) is 42.5 Å². The summed E-state index contributed by atoms with van der Waals surface area (Å²) in [7, 11) is 3.41. The fraction of sp³-hybridized carbons (Fsp3) is 0.538. The Morgan fingerprint density at radius 3 is 2.35 bits per heavy atom. The molecule has 2 aliphatic rings. The molecule has 168 valence electrons. The van der Waals surface area contributed by atoms with Gasteiger partial charge in [-0.15, -0.1) is 0 Å². The molecule has 0 aliphatic heterocycles. The molecule has 0 bridgehead atoms. The van der Waals surface area contributed by atoms with Crippen LogP contribution in [0.2, 0.25) is 0 Å². The normalized spacial score (nSPS) is 30.4. The van der Waals surface area contributed by atoms with Crippen LogP contribution < -0.4 is 14.8 Å². The molecule has 3 unspecified atom stereocenters. The van der Waals surface area contributed by atoms with Crippen molar-refractivity contribution < 1.29 is 14.6 Å². The number of fused-ring (bicyclic) bond motifs is 1. The summed E-state index contributed by atoms with van der Waals surface area (Å²) in [6.07, 6.45) is 6.11. The average molecular weight is 535 g/mol. The van der Waals surface area contributed by atoms with Crippen molar-refractivity contribution in [1.29, 1.82) is 0 Å². The fourth-order valence-corrected chi connectivity index (χ4v) is 6.29. The third kappa shape index (κ3) is 4.82. The summed E-state index contributed by atoms with van der Waals surface area (Å²) < 4.78 is 12.3. The van der Waals surface area contributed by atoms with E-state index in [9.17, 15) is 5.11 Å². The Morgan fingerprint density at radius 2 is 1.71 bits per heavy atom. The summed E-state index contributed by atoms with van der Waals surface area (Å²) in [5, 5.41) is 14.8. The number of aliphatic hydroxyl groups is 1. The highest BCUT2D eigenvalue weighted by Gasteiger charge is 2.51. The lowest BCUT2D eigenvalue weighted by Gasteiger charge is -2.55. The van der Waals surface area contributed by atoms with E-state index >= 15 is 0 Å². The average Bonchev–Trinajstić information content (AvgIpc) is 2.78. The predicted molar refractivity (Wildman–Crippen MR) is 134 cm³/mol. The van der Waals surface area contributed by atoms with Crippen molar-refractivity contribution >= 4 is 28.3 Å². The summed E-state index contributed by atoms with van der Waals surface area (Å²) in [5.41, 5.74) is 2.41. The van der Waals surface area contributed by atoms with Crippen LogP contribution in [0, 0.1) is 20.8 Å². The first-order valence-corrected chi connectivity index (χ1v) is 12.4. The third-order valence-electron chi connectivity index (χ3n) is 7.71. The molecule has 2 aromatic carbocycles. The van der Waals surface area contributed by atoms with E-state index in [0.717, 1.165) is 43.6 Å². The van der Waals surface area contributed by atoms with Gasteiger partial charge in [0, 0.05) is 21.4 Å². The zero-order valence-electron chi connectivity index (χ0n) is 18.7. The van der Waals surface area contributed by atoms with Gasteiger partial charge in [-0.05, 0) is 114 Å². The number of halogens is 1. The topological polar surface area (TPSA) is 50.7 Å². The van der Waals surface area contributed by atoms with E-state index in [1.54, 1.807) is 14.2 Å². The monoisotopic (exact) mass is 535 g/mol. The van der Waals surface area contributed by atoms with E-state index in [-0.39, 0.29) is 11.5 Å². The second kappa shape index (κ2) is 9.57. The van der Waals surface area contributed by atoms with E-state index in [0.29, 0.717) is 17.9 Å². The molecule has 0 radical (unpaired) electrons. The van der Waals surface area contributed by atoms with Crippen LogP contribution in [0.4, 0.5) is 5.69 Å². The van der Waals surface area contributed by atoms with E-state index in [1.165, 1.54) is 21.2 Å². The van der Waals surface area contributed by atoms with Crippen LogP contribution in [0.3, 0.4) is 0 Å². The molecule has 0 aromatic heterocycles. The number of rotatable bonds is 6. The molecule has 2 aromatic rings. The quantitative estimate of drug-likeness (QED) is 0.452. The molecule has 2 aliphatic carbocycles. The summed E-state index contributed by atoms with van der Waals surface area (Å²) in [5.74, 6) is 2.59. The van der Waals surface area contributed by atoms with E-state index in [4.69, 9.17) is 9.47 Å². The summed E-state index contributed by atoms with van der Waals surface area (Å²) in [4.78, 5) is 0. The predicted octanol–water partition coefficient (Wildman–Crippen LogP) is 5.91. The van der Waals surface area contributed by atoms with Crippen molar-refractivity contribution in [2.45, 2.75) is 57.6 Å². The number of methoxy groups -OCH3 is 2. The maximum absolute atomic E-state index is 11.0. The first-order valence-electron chi connectivity index (χ1n) is 11.3. The lowest BCUT2D eigenvalue weighted by atomic mass is 9.53. The SMILES string of the molecule is COc1cc(CC2C(Nc3ccc(I)cc3)CC[C@@]3(C)C2CCC[C@@H]3O)cc(OC)c1. The van der Waals surface area contributed by atoms with Crippen molar-refractivity contribution in [3.63, 3.8) is 0 Å². The van der Waals surface area contributed by atoms with Gasteiger partial charge in [0.2, 0.25) is 0 Å². The Labute approximate surface area is 199 Å². The minimum atomic E-state index is -0.201. The maximum Gasteiger partial charge on any atom is 0.122 e. The molecular weight excluding hydrogens is 501 g/mol. The minimum Gasteiger partial charge on any atom is -0.497 e. The highest BCUT2D eigenvalue weighted by molar-refractivity contribution is 14.1.